The van der Waals surface area contributed by atoms with E-state index in [1.54, 1.807) is 0 Å². The van der Waals surface area contributed by atoms with Crippen molar-refractivity contribution in [2.75, 3.05) is 18.9 Å². The molecule has 1 aromatic carbocycles. The summed E-state index contributed by atoms with van der Waals surface area (Å²) in [7, 11) is 0. The van der Waals surface area contributed by atoms with Crippen molar-refractivity contribution in [3.8, 4) is 0 Å². The second-order valence-corrected chi connectivity index (χ2v) is 5.49. The fraction of sp³-hybridized carbons (Fsp3) is 0.417. The van der Waals surface area contributed by atoms with Crippen molar-refractivity contribution < 1.29 is 9.90 Å². The molecule has 1 aliphatic carbocycles. The van der Waals surface area contributed by atoms with Crippen LogP contribution in [0.5, 0.6) is 0 Å². The molecular formula is C12H14Cl2N2O2. The van der Waals surface area contributed by atoms with Gasteiger partial charge in [-0.1, -0.05) is 23.2 Å². The fourth-order valence-corrected chi connectivity index (χ4v) is 2.13. The second-order valence-electron chi connectivity index (χ2n) is 4.71. The Morgan fingerprint density at radius 1 is 1.44 bits per heavy atom. The van der Waals surface area contributed by atoms with Crippen LogP contribution in [0.4, 0.5) is 5.69 Å². The number of aliphatic hydroxyl groups excluding tert-OH is 1. The number of hydrogen-bond donors (Lipinski definition) is 3. The molecule has 0 bridgehead atoms. The SMILES string of the molecule is Nc1cc(Cl)c(Cl)c(C(=O)NCC2(CO)CC2)c1. The minimum Gasteiger partial charge on any atom is -0.399 e. The van der Waals surface area contributed by atoms with Gasteiger partial charge < -0.3 is 16.2 Å². The first-order valence-electron chi connectivity index (χ1n) is 5.61. The Labute approximate surface area is 115 Å². The number of amides is 1. The number of carbonyl (C=O) groups excluding carboxylic acids is 1. The number of rotatable bonds is 4. The number of hydrogen-bond acceptors (Lipinski definition) is 3. The summed E-state index contributed by atoms with van der Waals surface area (Å²) in [6, 6.07) is 2.98. The van der Waals surface area contributed by atoms with E-state index in [4.69, 9.17) is 34.0 Å². The van der Waals surface area contributed by atoms with E-state index in [0.717, 1.165) is 12.8 Å². The molecule has 1 aliphatic rings. The first-order valence-corrected chi connectivity index (χ1v) is 6.37. The van der Waals surface area contributed by atoms with Crippen LogP contribution in [0.3, 0.4) is 0 Å². The summed E-state index contributed by atoms with van der Waals surface area (Å²) in [6.45, 7) is 0.518. The molecule has 4 N–H and O–H groups in total. The molecule has 0 radical (unpaired) electrons. The Kier molecular flexibility index (Phi) is 3.71. The zero-order chi connectivity index (χ0) is 13.3. The van der Waals surface area contributed by atoms with Gasteiger partial charge in [0.2, 0.25) is 0 Å². The highest BCUT2D eigenvalue weighted by atomic mass is 35.5. The Balaban J connectivity index is 2.09. The molecule has 98 valence electrons. The van der Waals surface area contributed by atoms with Crippen molar-refractivity contribution in [2.24, 2.45) is 5.41 Å². The summed E-state index contributed by atoms with van der Waals surface area (Å²) in [5.74, 6) is -0.325. The summed E-state index contributed by atoms with van der Waals surface area (Å²) < 4.78 is 0. The highest BCUT2D eigenvalue weighted by molar-refractivity contribution is 6.44. The van der Waals surface area contributed by atoms with E-state index in [0.29, 0.717) is 12.2 Å². The third-order valence-corrected chi connectivity index (χ3v) is 4.01. The predicted molar refractivity (Wildman–Crippen MR) is 72.0 cm³/mol. The van der Waals surface area contributed by atoms with Gasteiger partial charge in [0.05, 0.1) is 22.2 Å². The molecule has 1 aromatic rings. The van der Waals surface area contributed by atoms with Crippen molar-refractivity contribution in [1.82, 2.24) is 5.32 Å². The quantitative estimate of drug-likeness (QED) is 0.743. The van der Waals surface area contributed by atoms with Gasteiger partial charge in [0.25, 0.3) is 5.91 Å². The molecule has 0 spiro atoms. The molecule has 0 heterocycles. The molecular weight excluding hydrogens is 275 g/mol. The second kappa shape index (κ2) is 4.96. The van der Waals surface area contributed by atoms with Crippen molar-refractivity contribution in [3.63, 3.8) is 0 Å². The number of aliphatic hydroxyl groups is 1. The Morgan fingerprint density at radius 3 is 2.67 bits per heavy atom. The highest BCUT2D eigenvalue weighted by Gasteiger charge is 2.42. The molecule has 2 rings (SSSR count). The van der Waals surface area contributed by atoms with Crippen LogP contribution in [-0.2, 0) is 0 Å². The largest absolute Gasteiger partial charge is 0.399 e. The van der Waals surface area contributed by atoms with Crippen LogP contribution in [0.15, 0.2) is 12.1 Å². The summed E-state index contributed by atoms with van der Waals surface area (Å²) in [4.78, 5) is 12.0. The summed E-state index contributed by atoms with van der Waals surface area (Å²) in [6.07, 6.45) is 1.85. The minimum absolute atomic E-state index is 0.0820. The topological polar surface area (TPSA) is 75.4 Å². The van der Waals surface area contributed by atoms with E-state index >= 15 is 0 Å². The molecule has 1 fully saturated rings. The summed E-state index contributed by atoms with van der Waals surface area (Å²) in [5, 5.41) is 12.4. The van der Waals surface area contributed by atoms with Gasteiger partial charge >= 0.3 is 0 Å². The average molecular weight is 289 g/mol. The van der Waals surface area contributed by atoms with Crippen molar-refractivity contribution in [1.29, 1.82) is 0 Å². The molecule has 1 amide bonds. The van der Waals surface area contributed by atoms with Gasteiger partial charge in [-0.3, -0.25) is 4.79 Å². The van der Waals surface area contributed by atoms with Crippen LogP contribution in [0.2, 0.25) is 10.0 Å². The number of anilines is 1. The maximum Gasteiger partial charge on any atom is 0.252 e. The van der Waals surface area contributed by atoms with Gasteiger partial charge in [-0.2, -0.15) is 0 Å². The van der Waals surface area contributed by atoms with Gasteiger partial charge in [-0.25, -0.2) is 0 Å². The lowest BCUT2D eigenvalue weighted by molar-refractivity contribution is 0.0935. The van der Waals surface area contributed by atoms with Gasteiger partial charge in [0, 0.05) is 17.6 Å². The molecule has 6 heteroatoms. The van der Waals surface area contributed by atoms with E-state index in [2.05, 4.69) is 5.32 Å². The smallest absolute Gasteiger partial charge is 0.252 e. The molecule has 0 saturated heterocycles. The highest BCUT2D eigenvalue weighted by Crippen LogP contribution is 2.44. The first kappa shape index (κ1) is 13.5. The number of carbonyl (C=O) groups is 1. The maximum absolute atomic E-state index is 12.0. The van der Waals surface area contributed by atoms with Gasteiger partial charge in [-0.05, 0) is 25.0 Å². The minimum atomic E-state index is -0.325. The molecule has 0 atom stereocenters. The average Bonchev–Trinajstić information content (AvgIpc) is 3.11. The first-order chi connectivity index (χ1) is 8.47. The van der Waals surface area contributed by atoms with E-state index < -0.39 is 0 Å². The number of nitrogen functional groups attached to an aromatic ring is 1. The van der Waals surface area contributed by atoms with E-state index in [9.17, 15) is 4.79 Å². The Hall–Kier alpha value is -0.970. The van der Waals surface area contributed by atoms with Crippen LogP contribution >= 0.6 is 23.2 Å². The third-order valence-electron chi connectivity index (χ3n) is 3.21. The van der Waals surface area contributed by atoms with Crippen LogP contribution in [0.25, 0.3) is 0 Å². The number of nitrogens with one attached hydrogen (secondary N) is 1. The van der Waals surface area contributed by atoms with Crippen molar-refractivity contribution in [2.45, 2.75) is 12.8 Å². The lowest BCUT2D eigenvalue weighted by atomic mass is 10.1. The standard InChI is InChI=1S/C12H14Cl2N2O2/c13-9-4-7(15)3-8(10(9)14)11(18)16-5-12(6-17)1-2-12/h3-4,17H,1-2,5-6,15H2,(H,16,18). The predicted octanol–water partition coefficient (Wildman–Crippen LogP) is 2.08. The fourth-order valence-electron chi connectivity index (χ4n) is 1.71. The van der Waals surface area contributed by atoms with E-state index in [1.165, 1.54) is 12.1 Å². The molecule has 18 heavy (non-hydrogen) atoms. The lowest BCUT2D eigenvalue weighted by Gasteiger charge is -2.14. The summed E-state index contributed by atoms with van der Waals surface area (Å²) >= 11 is 11.8. The Bertz CT molecular complexity index is 487. The van der Waals surface area contributed by atoms with E-state index in [-0.39, 0.29) is 33.5 Å². The molecule has 0 aromatic heterocycles. The van der Waals surface area contributed by atoms with Crippen LogP contribution in [-0.4, -0.2) is 24.2 Å². The number of nitrogens with two attached hydrogens (primary N) is 1. The lowest BCUT2D eigenvalue weighted by Crippen LogP contribution is -2.32. The third kappa shape index (κ3) is 2.71. The molecule has 4 nitrogen and oxygen atoms in total. The van der Waals surface area contributed by atoms with Crippen LogP contribution in [0, 0.1) is 5.41 Å². The van der Waals surface area contributed by atoms with Crippen LogP contribution < -0.4 is 11.1 Å². The van der Waals surface area contributed by atoms with Gasteiger partial charge in [0.15, 0.2) is 0 Å². The van der Waals surface area contributed by atoms with Gasteiger partial charge in [-0.15, -0.1) is 0 Å². The molecule has 0 unspecified atom stereocenters. The van der Waals surface area contributed by atoms with Crippen molar-refractivity contribution >= 4 is 34.8 Å². The van der Waals surface area contributed by atoms with Crippen LogP contribution in [0.1, 0.15) is 23.2 Å². The number of benzene rings is 1. The summed E-state index contributed by atoms with van der Waals surface area (Å²) in [5.41, 5.74) is 6.12. The monoisotopic (exact) mass is 288 g/mol. The number of halogens is 2. The Morgan fingerprint density at radius 2 is 2.11 bits per heavy atom. The normalized spacial score (nSPS) is 16.4. The zero-order valence-electron chi connectivity index (χ0n) is 9.67. The van der Waals surface area contributed by atoms with E-state index in [1.807, 2.05) is 0 Å². The van der Waals surface area contributed by atoms with Crippen molar-refractivity contribution in [3.05, 3.63) is 27.7 Å². The molecule has 0 aliphatic heterocycles. The molecule has 1 saturated carbocycles. The maximum atomic E-state index is 12.0. The zero-order valence-corrected chi connectivity index (χ0v) is 11.2. The van der Waals surface area contributed by atoms with Gasteiger partial charge in [0.1, 0.15) is 0 Å².